The summed E-state index contributed by atoms with van der Waals surface area (Å²) in [7, 11) is 3.14. The molecule has 0 aliphatic rings. The molecule has 1 N–H and O–H groups in total. The summed E-state index contributed by atoms with van der Waals surface area (Å²) >= 11 is 1.48. The van der Waals surface area contributed by atoms with Crippen LogP contribution in [0.1, 0.15) is 10.6 Å². The van der Waals surface area contributed by atoms with Gasteiger partial charge in [0.25, 0.3) is 0 Å². The van der Waals surface area contributed by atoms with E-state index in [4.69, 9.17) is 9.47 Å². The number of nitrogens with zero attached hydrogens (tertiary/aromatic N) is 1. The molecule has 2 aromatic rings. The van der Waals surface area contributed by atoms with Gasteiger partial charge >= 0.3 is 0 Å². The third-order valence-corrected chi connectivity index (χ3v) is 3.78. The first-order chi connectivity index (χ1) is 9.63. The third kappa shape index (κ3) is 3.27. The number of hydrogen-bond donors (Lipinski definition) is 1. The molecule has 0 aliphatic heterocycles. The summed E-state index contributed by atoms with van der Waals surface area (Å²) in [5, 5.41) is 2.84. The summed E-state index contributed by atoms with van der Waals surface area (Å²) in [6, 6.07) is 5.26. The minimum Gasteiger partial charge on any atom is -0.497 e. The summed E-state index contributed by atoms with van der Waals surface area (Å²) in [4.78, 5) is 17.1. The minimum atomic E-state index is -0.0965. The third-order valence-electron chi connectivity index (χ3n) is 2.85. The quantitative estimate of drug-likeness (QED) is 0.920. The van der Waals surface area contributed by atoms with Gasteiger partial charge < -0.3 is 14.8 Å². The monoisotopic (exact) mass is 292 g/mol. The minimum absolute atomic E-state index is 0.0965. The van der Waals surface area contributed by atoms with Crippen molar-refractivity contribution < 1.29 is 14.3 Å². The van der Waals surface area contributed by atoms with E-state index in [0.29, 0.717) is 23.6 Å². The van der Waals surface area contributed by atoms with Crippen molar-refractivity contribution in [2.75, 3.05) is 19.5 Å². The van der Waals surface area contributed by atoms with Gasteiger partial charge in [-0.2, -0.15) is 0 Å². The number of amides is 1. The van der Waals surface area contributed by atoms with Crippen LogP contribution in [0, 0.1) is 6.92 Å². The standard InChI is InChI=1S/C14H16N2O3S/c1-9-13(20-8-15-9)7-14(17)16-11-5-4-10(18-2)6-12(11)19-3/h4-6,8H,7H2,1-3H3,(H,16,17). The second kappa shape index (κ2) is 6.38. The van der Waals surface area contributed by atoms with Crippen molar-refractivity contribution in [2.45, 2.75) is 13.3 Å². The molecule has 1 aromatic carbocycles. The van der Waals surface area contributed by atoms with Crippen LogP contribution < -0.4 is 14.8 Å². The molecule has 1 aromatic heterocycles. The van der Waals surface area contributed by atoms with Crippen LogP contribution in [0.3, 0.4) is 0 Å². The van der Waals surface area contributed by atoms with Crippen LogP contribution in [-0.2, 0) is 11.2 Å². The summed E-state index contributed by atoms with van der Waals surface area (Å²) < 4.78 is 10.4. The first-order valence-electron chi connectivity index (χ1n) is 6.05. The molecule has 0 fully saturated rings. The predicted molar refractivity (Wildman–Crippen MR) is 78.7 cm³/mol. The second-order valence-corrected chi connectivity index (χ2v) is 5.09. The zero-order valence-corrected chi connectivity index (χ0v) is 12.4. The number of hydrogen-bond acceptors (Lipinski definition) is 5. The Labute approximate surface area is 121 Å². The van der Waals surface area contributed by atoms with Crippen LogP contribution in [0.25, 0.3) is 0 Å². The van der Waals surface area contributed by atoms with Crippen molar-refractivity contribution >= 4 is 22.9 Å². The fourth-order valence-electron chi connectivity index (χ4n) is 1.74. The molecule has 106 valence electrons. The van der Waals surface area contributed by atoms with Crippen molar-refractivity contribution in [3.63, 3.8) is 0 Å². The van der Waals surface area contributed by atoms with Gasteiger partial charge in [0.15, 0.2) is 0 Å². The maximum atomic E-state index is 12.0. The second-order valence-electron chi connectivity index (χ2n) is 4.15. The van der Waals surface area contributed by atoms with Gasteiger partial charge in [-0.3, -0.25) is 4.79 Å². The SMILES string of the molecule is COc1ccc(NC(=O)Cc2scnc2C)c(OC)c1. The number of carbonyl (C=O) groups excluding carboxylic acids is 1. The van der Waals surface area contributed by atoms with Crippen molar-refractivity contribution in [1.29, 1.82) is 0 Å². The van der Waals surface area contributed by atoms with E-state index in [-0.39, 0.29) is 5.91 Å². The lowest BCUT2D eigenvalue weighted by molar-refractivity contribution is -0.115. The summed E-state index contributed by atoms with van der Waals surface area (Å²) in [5.41, 5.74) is 3.26. The number of aromatic nitrogens is 1. The maximum Gasteiger partial charge on any atom is 0.229 e. The van der Waals surface area contributed by atoms with Crippen molar-refractivity contribution in [2.24, 2.45) is 0 Å². The Bertz CT molecular complexity index is 610. The van der Waals surface area contributed by atoms with Gasteiger partial charge in [-0.05, 0) is 19.1 Å². The summed E-state index contributed by atoms with van der Waals surface area (Å²) in [6.45, 7) is 1.90. The predicted octanol–water partition coefficient (Wildman–Crippen LogP) is 2.65. The summed E-state index contributed by atoms with van der Waals surface area (Å²) in [6.07, 6.45) is 0.311. The van der Waals surface area contributed by atoms with E-state index in [2.05, 4.69) is 10.3 Å². The summed E-state index contributed by atoms with van der Waals surface area (Å²) in [5.74, 6) is 1.15. The van der Waals surface area contributed by atoms with Gasteiger partial charge in [0.1, 0.15) is 11.5 Å². The van der Waals surface area contributed by atoms with E-state index in [1.807, 2.05) is 6.92 Å². The molecule has 0 saturated heterocycles. The molecular formula is C14H16N2O3S. The number of benzene rings is 1. The van der Waals surface area contributed by atoms with Crippen LogP contribution in [0.15, 0.2) is 23.7 Å². The molecule has 20 heavy (non-hydrogen) atoms. The van der Waals surface area contributed by atoms with Crippen LogP contribution in [0.4, 0.5) is 5.69 Å². The maximum absolute atomic E-state index is 12.0. The molecule has 5 nitrogen and oxygen atoms in total. The normalized spacial score (nSPS) is 10.2. The lowest BCUT2D eigenvalue weighted by atomic mass is 10.2. The largest absolute Gasteiger partial charge is 0.497 e. The molecule has 0 spiro atoms. The Morgan fingerprint density at radius 3 is 2.75 bits per heavy atom. The van der Waals surface area contributed by atoms with Crippen molar-refractivity contribution in [3.8, 4) is 11.5 Å². The van der Waals surface area contributed by atoms with Gasteiger partial charge in [-0.15, -0.1) is 11.3 Å². The number of nitrogens with one attached hydrogen (secondary N) is 1. The van der Waals surface area contributed by atoms with Crippen LogP contribution in [0.5, 0.6) is 11.5 Å². The number of rotatable bonds is 5. The number of ether oxygens (including phenoxy) is 2. The molecule has 0 radical (unpaired) electrons. The van der Waals surface area contributed by atoms with Crippen molar-refractivity contribution in [3.05, 3.63) is 34.3 Å². The molecule has 0 saturated carbocycles. The van der Waals surface area contributed by atoms with Crippen molar-refractivity contribution in [1.82, 2.24) is 4.98 Å². The van der Waals surface area contributed by atoms with E-state index < -0.39 is 0 Å². The first kappa shape index (κ1) is 14.3. The number of anilines is 1. The average molecular weight is 292 g/mol. The van der Waals surface area contributed by atoms with Gasteiger partial charge in [0, 0.05) is 10.9 Å². The van der Waals surface area contributed by atoms with Gasteiger partial charge in [-0.25, -0.2) is 4.98 Å². The smallest absolute Gasteiger partial charge is 0.229 e. The van der Waals surface area contributed by atoms with Gasteiger partial charge in [0.05, 0.1) is 37.5 Å². The Morgan fingerprint density at radius 1 is 1.35 bits per heavy atom. The average Bonchev–Trinajstić information content (AvgIpc) is 2.84. The molecule has 2 rings (SSSR count). The fourth-order valence-corrected chi connectivity index (χ4v) is 2.51. The Balaban J connectivity index is 2.09. The molecule has 0 atom stereocenters. The number of aryl methyl sites for hydroxylation is 1. The highest BCUT2D eigenvalue weighted by Crippen LogP contribution is 2.29. The molecule has 0 bridgehead atoms. The number of carbonyl (C=O) groups is 1. The van der Waals surface area contributed by atoms with Crippen LogP contribution in [-0.4, -0.2) is 25.1 Å². The molecule has 0 aliphatic carbocycles. The Kier molecular flexibility index (Phi) is 4.57. The van der Waals surface area contributed by atoms with E-state index in [9.17, 15) is 4.79 Å². The highest BCUT2D eigenvalue weighted by molar-refractivity contribution is 7.09. The topological polar surface area (TPSA) is 60.5 Å². The number of thiazole rings is 1. The fraction of sp³-hybridized carbons (Fsp3) is 0.286. The van der Waals surface area contributed by atoms with Gasteiger partial charge in [0.2, 0.25) is 5.91 Å². The van der Waals surface area contributed by atoms with Crippen LogP contribution in [0.2, 0.25) is 0 Å². The Hall–Kier alpha value is -2.08. The zero-order chi connectivity index (χ0) is 14.5. The molecular weight excluding hydrogens is 276 g/mol. The highest BCUT2D eigenvalue weighted by atomic mass is 32.1. The van der Waals surface area contributed by atoms with E-state index >= 15 is 0 Å². The molecule has 6 heteroatoms. The highest BCUT2D eigenvalue weighted by Gasteiger charge is 2.11. The number of methoxy groups -OCH3 is 2. The van der Waals surface area contributed by atoms with E-state index in [1.165, 1.54) is 11.3 Å². The lowest BCUT2D eigenvalue weighted by Crippen LogP contribution is -2.15. The van der Waals surface area contributed by atoms with E-state index in [0.717, 1.165) is 10.6 Å². The van der Waals surface area contributed by atoms with E-state index in [1.54, 1.807) is 37.9 Å². The molecule has 0 unspecified atom stereocenters. The molecule has 1 heterocycles. The Morgan fingerprint density at radius 2 is 2.15 bits per heavy atom. The zero-order valence-electron chi connectivity index (χ0n) is 11.6. The van der Waals surface area contributed by atoms with Gasteiger partial charge in [-0.1, -0.05) is 0 Å². The molecule has 1 amide bonds. The first-order valence-corrected chi connectivity index (χ1v) is 6.93. The lowest BCUT2D eigenvalue weighted by Gasteiger charge is -2.11. The van der Waals surface area contributed by atoms with Crippen LogP contribution >= 0.6 is 11.3 Å².